The van der Waals surface area contributed by atoms with Gasteiger partial charge in [-0.1, -0.05) is 13.8 Å². The zero-order valence-electron chi connectivity index (χ0n) is 11.4. The molecule has 1 atom stereocenters. The summed E-state index contributed by atoms with van der Waals surface area (Å²) in [6.45, 7) is 7.00. The van der Waals surface area contributed by atoms with E-state index in [0.717, 1.165) is 24.6 Å². The van der Waals surface area contributed by atoms with Gasteiger partial charge in [-0.3, -0.25) is 0 Å². The average molecular weight is 253 g/mol. The summed E-state index contributed by atoms with van der Waals surface area (Å²) in [7, 11) is 1.63. The molecule has 0 radical (unpaired) electrons. The number of likely N-dealkylation sites (N-methyl/N-ethyl adjacent to an activating group) is 1. The molecule has 102 valence electrons. The van der Waals surface area contributed by atoms with Crippen LogP contribution in [0.1, 0.15) is 13.8 Å². The Hall–Kier alpha value is -1.26. The lowest BCUT2D eigenvalue weighted by Crippen LogP contribution is -2.35. The number of ether oxygens (including phenoxy) is 2. The van der Waals surface area contributed by atoms with Gasteiger partial charge < -0.3 is 19.5 Å². The van der Waals surface area contributed by atoms with E-state index in [1.54, 1.807) is 7.11 Å². The first kappa shape index (κ1) is 14.8. The molecule has 0 fully saturated rings. The van der Waals surface area contributed by atoms with Gasteiger partial charge in [-0.05, 0) is 37.4 Å². The molecular formula is C14H23NO3. The van der Waals surface area contributed by atoms with E-state index < -0.39 is 6.10 Å². The molecule has 1 rings (SSSR count). The van der Waals surface area contributed by atoms with Gasteiger partial charge in [0.25, 0.3) is 0 Å². The molecule has 0 aliphatic rings. The Morgan fingerprint density at radius 2 is 1.67 bits per heavy atom. The van der Waals surface area contributed by atoms with Crippen LogP contribution < -0.4 is 9.47 Å². The molecule has 0 aliphatic heterocycles. The maximum Gasteiger partial charge on any atom is 0.119 e. The Morgan fingerprint density at radius 3 is 2.17 bits per heavy atom. The number of aliphatic hydroxyl groups is 1. The second-order valence-corrected chi connectivity index (χ2v) is 4.13. The van der Waals surface area contributed by atoms with Crippen LogP contribution in [-0.2, 0) is 0 Å². The standard InChI is InChI=1S/C14H23NO3/c1-4-15(5-2)10-12(16)11-18-14-8-6-13(17-3)7-9-14/h6-9,12,16H,4-5,10-11H2,1-3H3/t12-/m0/s1. The summed E-state index contributed by atoms with van der Waals surface area (Å²) in [5.74, 6) is 1.54. The molecule has 0 saturated carbocycles. The fraction of sp³-hybridized carbons (Fsp3) is 0.571. The molecule has 1 N–H and O–H groups in total. The van der Waals surface area contributed by atoms with E-state index in [-0.39, 0.29) is 0 Å². The molecule has 4 nitrogen and oxygen atoms in total. The number of benzene rings is 1. The van der Waals surface area contributed by atoms with Crippen LogP contribution in [0.15, 0.2) is 24.3 Å². The zero-order valence-corrected chi connectivity index (χ0v) is 11.4. The predicted molar refractivity (Wildman–Crippen MR) is 72.3 cm³/mol. The van der Waals surface area contributed by atoms with Gasteiger partial charge in [0.2, 0.25) is 0 Å². The summed E-state index contributed by atoms with van der Waals surface area (Å²) in [6.07, 6.45) is -0.466. The predicted octanol–water partition coefficient (Wildman–Crippen LogP) is 1.78. The van der Waals surface area contributed by atoms with Crippen LogP contribution in [0.4, 0.5) is 0 Å². The molecule has 1 aromatic rings. The third-order valence-corrected chi connectivity index (χ3v) is 2.87. The topological polar surface area (TPSA) is 41.9 Å². The molecular weight excluding hydrogens is 230 g/mol. The molecule has 0 aliphatic carbocycles. The summed E-state index contributed by atoms with van der Waals surface area (Å²) in [5.41, 5.74) is 0. The van der Waals surface area contributed by atoms with E-state index in [4.69, 9.17) is 9.47 Å². The smallest absolute Gasteiger partial charge is 0.119 e. The Bertz CT molecular complexity index is 322. The Labute approximate surface area is 109 Å². The largest absolute Gasteiger partial charge is 0.497 e. The third kappa shape index (κ3) is 4.94. The van der Waals surface area contributed by atoms with Gasteiger partial charge in [0.1, 0.15) is 24.2 Å². The molecule has 0 spiro atoms. The number of hydrogen-bond acceptors (Lipinski definition) is 4. The first-order valence-electron chi connectivity index (χ1n) is 6.36. The molecule has 0 heterocycles. The summed E-state index contributed by atoms with van der Waals surface area (Å²) >= 11 is 0. The minimum atomic E-state index is -0.466. The fourth-order valence-electron chi connectivity index (χ4n) is 1.70. The van der Waals surface area contributed by atoms with Crippen molar-refractivity contribution >= 4 is 0 Å². The first-order chi connectivity index (χ1) is 8.69. The van der Waals surface area contributed by atoms with Crippen molar-refractivity contribution in [2.45, 2.75) is 20.0 Å². The van der Waals surface area contributed by atoms with E-state index in [1.165, 1.54) is 0 Å². The number of aliphatic hydroxyl groups excluding tert-OH is 1. The Kier molecular flexibility index (Phi) is 6.54. The highest BCUT2D eigenvalue weighted by Gasteiger charge is 2.09. The number of rotatable bonds is 8. The molecule has 0 unspecified atom stereocenters. The van der Waals surface area contributed by atoms with Gasteiger partial charge in [0.05, 0.1) is 7.11 Å². The van der Waals surface area contributed by atoms with Gasteiger partial charge in [0, 0.05) is 6.54 Å². The summed E-state index contributed by atoms with van der Waals surface area (Å²) in [6, 6.07) is 7.35. The monoisotopic (exact) mass is 253 g/mol. The minimum absolute atomic E-state index is 0.308. The normalized spacial score (nSPS) is 12.5. The van der Waals surface area contributed by atoms with Crippen molar-refractivity contribution in [2.75, 3.05) is 33.4 Å². The van der Waals surface area contributed by atoms with E-state index in [9.17, 15) is 5.11 Å². The fourth-order valence-corrected chi connectivity index (χ4v) is 1.70. The Balaban J connectivity index is 2.34. The first-order valence-corrected chi connectivity index (χ1v) is 6.36. The number of hydrogen-bond donors (Lipinski definition) is 1. The summed E-state index contributed by atoms with van der Waals surface area (Å²) in [4.78, 5) is 2.17. The van der Waals surface area contributed by atoms with Crippen LogP contribution >= 0.6 is 0 Å². The van der Waals surface area contributed by atoms with Crippen molar-refractivity contribution in [3.63, 3.8) is 0 Å². The van der Waals surface area contributed by atoms with Crippen LogP contribution in [0.25, 0.3) is 0 Å². The maximum absolute atomic E-state index is 9.85. The summed E-state index contributed by atoms with van der Waals surface area (Å²) < 4.78 is 10.6. The molecule has 0 saturated heterocycles. The van der Waals surface area contributed by atoms with E-state index in [1.807, 2.05) is 24.3 Å². The molecule has 4 heteroatoms. The lowest BCUT2D eigenvalue weighted by molar-refractivity contribution is 0.0716. The van der Waals surface area contributed by atoms with Crippen LogP contribution in [0.3, 0.4) is 0 Å². The van der Waals surface area contributed by atoms with Crippen molar-refractivity contribution in [3.8, 4) is 11.5 Å². The maximum atomic E-state index is 9.85. The number of methoxy groups -OCH3 is 1. The summed E-state index contributed by atoms with van der Waals surface area (Å²) in [5, 5.41) is 9.85. The van der Waals surface area contributed by atoms with Crippen molar-refractivity contribution in [1.29, 1.82) is 0 Å². The van der Waals surface area contributed by atoms with E-state index in [2.05, 4.69) is 18.7 Å². The van der Waals surface area contributed by atoms with Crippen LogP contribution in [0, 0.1) is 0 Å². The lowest BCUT2D eigenvalue weighted by atomic mass is 10.3. The minimum Gasteiger partial charge on any atom is -0.497 e. The van der Waals surface area contributed by atoms with Crippen LogP contribution in [-0.4, -0.2) is 49.5 Å². The molecule has 0 amide bonds. The average Bonchev–Trinajstić information content (AvgIpc) is 2.43. The van der Waals surface area contributed by atoms with Crippen molar-refractivity contribution < 1.29 is 14.6 Å². The van der Waals surface area contributed by atoms with E-state index >= 15 is 0 Å². The molecule has 18 heavy (non-hydrogen) atoms. The number of nitrogens with zero attached hydrogens (tertiary/aromatic N) is 1. The van der Waals surface area contributed by atoms with Gasteiger partial charge in [-0.15, -0.1) is 0 Å². The zero-order chi connectivity index (χ0) is 13.4. The van der Waals surface area contributed by atoms with Gasteiger partial charge in [-0.2, -0.15) is 0 Å². The van der Waals surface area contributed by atoms with Crippen LogP contribution in [0.2, 0.25) is 0 Å². The SMILES string of the molecule is CCN(CC)C[C@H](O)COc1ccc(OC)cc1. The lowest BCUT2D eigenvalue weighted by Gasteiger charge is -2.21. The van der Waals surface area contributed by atoms with Gasteiger partial charge in [0.15, 0.2) is 0 Å². The highest BCUT2D eigenvalue weighted by atomic mass is 16.5. The highest BCUT2D eigenvalue weighted by Crippen LogP contribution is 2.17. The van der Waals surface area contributed by atoms with E-state index in [0.29, 0.717) is 13.2 Å². The Morgan fingerprint density at radius 1 is 1.11 bits per heavy atom. The molecule has 1 aromatic carbocycles. The van der Waals surface area contributed by atoms with Gasteiger partial charge in [-0.25, -0.2) is 0 Å². The van der Waals surface area contributed by atoms with Crippen molar-refractivity contribution in [1.82, 2.24) is 4.90 Å². The molecule has 0 aromatic heterocycles. The second kappa shape index (κ2) is 7.95. The molecule has 0 bridgehead atoms. The quantitative estimate of drug-likeness (QED) is 0.767. The third-order valence-electron chi connectivity index (χ3n) is 2.87. The van der Waals surface area contributed by atoms with Crippen molar-refractivity contribution in [3.05, 3.63) is 24.3 Å². The second-order valence-electron chi connectivity index (χ2n) is 4.13. The van der Waals surface area contributed by atoms with Crippen molar-refractivity contribution in [2.24, 2.45) is 0 Å². The highest BCUT2D eigenvalue weighted by molar-refractivity contribution is 5.31. The van der Waals surface area contributed by atoms with Gasteiger partial charge >= 0.3 is 0 Å². The van der Waals surface area contributed by atoms with Crippen LogP contribution in [0.5, 0.6) is 11.5 Å².